The quantitative estimate of drug-likeness (QED) is 0.403. The molecule has 0 saturated heterocycles. The maximum Gasteiger partial charge on any atom is 0.190 e. The Bertz CT molecular complexity index is 894. The van der Waals surface area contributed by atoms with E-state index in [1.165, 1.54) is 43.4 Å². The minimum absolute atomic E-state index is 0. The molecule has 1 aliphatic rings. The van der Waals surface area contributed by atoms with Gasteiger partial charge in [0.1, 0.15) is 0 Å². The molecule has 1 aliphatic carbocycles. The van der Waals surface area contributed by atoms with E-state index in [4.69, 9.17) is 16.6 Å². The average molecular weight is 450 g/mol. The maximum absolute atomic E-state index is 6.08. The third kappa shape index (κ3) is 4.30. The monoisotopic (exact) mass is 448 g/mol. The van der Waals surface area contributed by atoms with Crippen molar-refractivity contribution in [1.29, 1.82) is 0 Å². The number of halogens is 2. The lowest BCUT2D eigenvalue weighted by Gasteiger charge is -2.25. The molecule has 2 aromatic carbocycles. The molecular formula is C21H22BrClN2S. The molecule has 0 atom stereocenters. The molecule has 26 heavy (non-hydrogen) atoms. The molecule has 2 nitrogen and oxygen atoms in total. The van der Waals surface area contributed by atoms with Crippen molar-refractivity contribution in [2.75, 3.05) is 0 Å². The summed E-state index contributed by atoms with van der Waals surface area (Å²) in [4.78, 5) is 6.02. The number of aromatic nitrogens is 1. The molecule has 1 aromatic heterocycles. The topological polar surface area (TPSA) is 17.3 Å². The number of para-hydroxylation sites is 1. The number of hydrogen-bond donors (Lipinski definition) is 0. The van der Waals surface area contributed by atoms with Gasteiger partial charge in [-0.1, -0.05) is 61.2 Å². The first-order valence-electron chi connectivity index (χ1n) is 8.87. The van der Waals surface area contributed by atoms with Crippen LogP contribution in [0.3, 0.4) is 0 Å². The molecule has 136 valence electrons. The summed E-state index contributed by atoms with van der Waals surface area (Å²) in [5.74, 6) is 0. The summed E-state index contributed by atoms with van der Waals surface area (Å²) in [5, 5.41) is 3.01. The van der Waals surface area contributed by atoms with Gasteiger partial charge in [-0.05, 0) is 42.7 Å². The van der Waals surface area contributed by atoms with Crippen molar-refractivity contribution in [2.24, 2.45) is 4.99 Å². The molecule has 1 heterocycles. The highest BCUT2D eigenvalue weighted by Gasteiger charge is 2.20. The van der Waals surface area contributed by atoms with Gasteiger partial charge >= 0.3 is 0 Å². The summed E-state index contributed by atoms with van der Waals surface area (Å²) >= 11 is 7.80. The molecule has 0 spiro atoms. The Morgan fingerprint density at radius 3 is 2.31 bits per heavy atom. The number of hydrogen-bond acceptors (Lipinski definition) is 2. The van der Waals surface area contributed by atoms with Crippen LogP contribution in [0, 0.1) is 0 Å². The standard InChI is InChI=1S/C21H21ClN2S.BrH/c22-17-13-11-16(12-14-17)20-15-25-21(23-18-7-3-1-4-8-18)24(20)19-9-5-2-6-10-19;/h1,3-4,7-8,11-15,19H,2,5-6,9-10H2;1H. The summed E-state index contributed by atoms with van der Waals surface area (Å²) in [6.07, 6.45) is 6.43. The van der Waals surface area contributed by atoms with Crippen LogP contribution in [0.1, 0.15) is 38.1 Å². The van der Waals surface area contributed by atoms with E-state index in [2.05, 4.69) is 34.2 Å². The van der Waals surface area contributed by atoms with Crippen molar-refractivity contribution in [1.82, 2.24) is 4.57 Å². The van der Waals surface area contributed by atoms with E-state index in [0.717, 1.165) is 15.5 Å². The highest BCUT2D eigenvalue weighted by atomic mass is 79.9. The molecule has 3 aromatic rings. The van der Waals surface area contributed by atoms with Crippen LogP contribution in [-0.4, -0.2) is 4.57 Å². The molecule has 0 bridgehead atoms. The van der Waals surface area contributed by atoms with Crippen LogP contribution in [0.4, 0.5) is 5.69 Å². The molecule has 5 heteroatoms. The average Bonchev–Trinajstić information content (AvgIpc) is 3.07. The molecule has 1 fully saturated rings. The molecule has 1 saturated carbocycles. The number of rotatable bonds is 3. The number of benzene rings is 2. The summed E-state index contributed by atoms with van der Waals surface area (Å²) in [6, 6.07) is 18.9. The van der Waals surface area contributed by atoms with E-state index in [-0.39, 0.29) is 17.0 Å². The fourth-order valence-electron chi connectivity index (χ4n) is 3.54. The molecular weight excluding hydrogens is 428 g/mol. The molecule has 0 aliphatic heterocycles. The second kappa shape index (κ2) is 9.03. The predicted molar refractivity (Wildman–Crippen MR) is 117 cm³/mol. The number of nitrogens with zero attached hydrogens (tertiary/aromatic N) is 2. The van der Waals surface area contributed by atoms with Gasteiger partial charge in [0.05, 0.1) is 11.4 Å². The first-order valence-corrected chi connectivity index (χ1v) is 10.1. The van der Waals surface area contributed by atoms with Crippen molar-refractivity contribution in [3.63, 3.8) is 0 Å². The Labute approximate surface area is 174 Å². The minimum atomic E-state index is 0. The smallest absolute Gasteiger partial charge is 0.190 e. The Hall–Kier alpha value is -1.36. The normalized spacial score (nSPS) is 15.7. The first-order chi connectivity index (χ1) is 12.3. The summed E-state index contributed by atoms with van der Waals surface area (Å²) in [5.41, 5.74) is 3.47. The summed E-state index contributed by atoms with van der Waals surface area (Å²) in [6.45, 7) is 0. The molecule has 0 radical (unpaired) electrons. The fraction of sp³-hybridized carbons (Fsp3) is 0.286. The summed E-state index contributed by atoms with van der Waals surface area (Å²) in [7, 11) is 0. The van der Waals surface area contributed by atoms with E-state index in [1.807, 2.05) is 30.3 Å². The molecule has 0 amide bonds. The second-order valence-corrected chi connectivity index (χ2v) is 7.79. The highest BCUT2D eigenvalue weighted by Crippen LogP contribution is 2.32. The largest absolute Gasteiger partial charge is 0.313 e. The van der Waals surface area contributed by atoms with Gasteiger partial charge in [0, 0.05) is 16.4 Å². The molecule has 0 N–H and O–H groups in total. The van der Waals surface area contributed by atoms with Crippen LogP contribution in [0.5, 0.6) is 0 Å². The van der Waals surface area contributed by atoms with Crippen LogP contribution in [-0.2, 0) is 0 Å². The van der Waals surface area contributed by atoms with Crippen LogP contribution >= 0.6 is 39.9 Å². The van der Waals surface area contributed by atoms with Gasteiger partial charge in [-0.15, -0.1) is 28.3 Å². The Morgan fingerprint density at radius 2 is 1.62 bits per heavy atom. The van der Waals surface area contributed by atoms with Gasteiger partial charge in [-0.2, -0.15) is 0 Å². The Balaban J connectivity index is 0.00000196. The van der Waals surface area contributed by atoms with Gasteiger partial charge in [-0.3, -0.25) is 0 Å². The van der Waals surface area contributed by atoms with Crippen LogP contribution in [0.15, 0.2) is 65.0 Å². The molecule has 4 rings (SSSR count). The van der Waals surface area contributed by atoms with Crippen molar-refractivity contribution < 1.29 is 0 Å². The zero-order chi connectivity index (χ0) is 17.1. The van der Waals surface area contributed by atoms with E-state index >= 15 is 0 Å². The number of thiazole rings is 1. The lowest BCUT2D eigenvalue weighted by atomic mass is 9.95. The Kier molecular flexibility index (Phi) is 6.74. The third-order valence-electron chi connectivity index (χ3n) is 4.80. The van der Waals surface area contributed by atoms with Crippen molar-refractivity contribution in [3.8, 4) is 11.3 Å². The zero-order valence-electron chi connectivity index (χ0n) is 14.5. The fourth-order valence-corrected chi connectivity index (χ4v) is 4.65. The van der Waals surface area contributed by atoms with Crippen LogP contribution < -0.4 is 4.80 Å². The van der Waals surface area contributed by atoms with Gasteiger partial charge in [-0.25, -0.2) is 4.99 Å². The predicted octanol–water partition coefficient (Wildman–Crippen LogP) is 7.19. The molecule has 0 unspecified atom stereocenters. The lowest BCUT2D eigenvalue weighted by molar-refractivity contribution is 0.351. The first kappa shape index (κ1) is 19.4. The van der Waals surface area contributed by atoms with Crippen LogP contribution in [0.25, 0.3) is 11.3 Å². The Morgan fingerprint density at radius 1 is 0.923 bits per heavy atom. The minimum Gasteiger partial charge on any atom is -0.313 e. The van der Waals surface area contributed by atoms with Gasteiger partial charge in [0.15, 0.2) is 4.80 Å². The van der Waals surface area contributed by atoms with Crippen molar-refractivity contribution in [3.05, 3.63) is 69.8 Å². The van der Waals surface area contributed by atoms with E-state index < -0.39 is 0 Å². The second-order valence-electron chi connectivity index (χ2n) is 6.52. The van der Waals surface area contributed by atoms with Gasteiger partial charge in [0.25, 0.3) is 0 Å². The van der Waals surface area contributed by atoms with E-state index in [1.54, 1.807) is 11.3 Å². The van der Waals surface area contributed by atoms with E-state index in [9.17, 15) is 0 Å². The third-order valence-corrected chi connectivity index (χ3v) is 5.89. The van der Waals surface area contributed by atoms with Gasteiger partial charge < -0.3 is 4.57 Å². The SMILES string of the molecule is Br.Clc1ccc(-c2csc(=Nc3ccccc3)n2C2CCCCC2)cc1. The van der Waals surface area contributed by atoms with Gasteiger partial charge in [0.2, 0.25) is 0 Å². The van der Waals surface area contributed by atoms with E-state index in [0.29, 0.717) is 6.04 Å². The zero-order valence-corrected chi connectivity index (χ0v) is 17.8. The lowest BCUT2D eigenvalue weighted by Crippen LogP contribution is -2.23. The summed E-state index contributed by atoms with van der Waals surface area (Å²) < 4.78 is 2.46. The van der Waals surface area contributed by atoms with Crippen molar-refractivity contribution in [2.45, 2.75) is 38.1 Å². The maximum atomic E-state index is 6.08. The van der Waals surface area contributed by atoms with Crippen LogP contribution in [0.2, 0.25) is 5.02 Å². The van der Waals surface area contributed by atoms with Crippen molar-refractivity contribution >= 4 is 45.6 Å². The highest BCUT2D eigenvalue weighted by molar-refractivity contribution is 8.93.